The molecule has 170 valence electrons. The van der Waals surface area contributed by atoms with Crippen LogP contribution in [0.3, 0.4) is 0 Å². The lowest BCUT2D eigenvalue weighted by Crippen LogP contribution is -2.22. The summed E-state index contributed by atoms with van der Waals surface area (Å²) < 4.78 is 31.6. The van der Waals surface area contributed by atoms with Gasteiger partial charge in [-0.1, -0.05) is 0 Å². The molecule has 0 spiro atoms. The van der Waals surface area contributed by atoms with Crippen molar-refractivity contribution >= 4 is 22.5 Å². The van der Waals surface area contributed by atoms with Crippen LogP contribution in [0.4, 0.5) is 10.1 Å². The van der Waals surface area contributed by atoms with E-state index < -0.39 is 10.7 Å². The average molecular weight is 453 g/mol. The smallest absolute Gasteiger partial charge is 0.275 e. The van der Waals surface area contributed by atoms with E-state index in [1.807, 2.05) is 0 Å². The zero-order valence-electron chi connectivity index (χ0n) is 18.0. The molecule has 0 saturated heterocycles. The molecule has 9 nitrogen and oxygen atoms in total. The van der Waals surface area contributed by atoms with Crippen LogP contribution in [0, 0.1) is 22.9 Å². The third-order valence-corrected chi connectivity index (χ3v) is 5.17. The number of pyridine rings is 1. The van der Waals surface area contributed by atoms with Gasteiger partial charge in [-0.25, -0.2) is 4.39 Å². The molecule has 33 heavy (non-hydrogen) atoms. The van der Waals surface area contributed by atoms with Gasteiger partial charge in [-0.3, -0.25) is 19.9 Å². The van der Waals surface area contributed by atoms with E-state index in [9.17, 15) is 19.3 Å². The Kier molecular flexibility index (Phi) is 5.82. The van der Waals surface area contributed by atoms with Gasteiger partial charge in [0.05, 0.1) is 35.4 Å². The largest absolute Gasteiger partial charge is 0.493 e. The molecule has 2 aromatic carbocycles. The maximum Gasteiger partial charge on any atom is 0.275 e. The van der Waals surface area contributed by atoms with Gasteiger partial charge in [-0.2, -0.15) is 0 Å². The molecule has 3 aromatic rings. The standard InChI is InChI=1S/C23H20FN3O6/c1-12-18(27(29)30)4-5-20(23(12)24)33-19-6-7-25-17-10-22(21(31-3)9-15(17)19)32-11-14-8-16(14)26-13(2)28/h4-7,9-11,16H,8H2,1-3H3,(H,26,28)/b14-11+. The number of amides is 1. The van der Waals surface area contributed by atoms with Crippen LogP contribution >= 0.6 is 0 Å². The lowest BCUT2D eigenvalue weighted by Gasteiger charge is -2.13. The SMILES string of the molecule is COc1cc2c(Oc3ccc([N+](=O)[O-])c(C)c3F)ccnc2cc1O/C=C1\CC1NC(C)=O. The summed E-state index contributed by atoms with van der Waals surface area (Å²) >= 11 is 0. The van der Waals surface area contributed by atoms with Crippen LogP contribution in [0.15, 0.2) is 48.4 Å². The molecule has 0 bridgehead atoms. The molecule has 1 atom stereocenters. The van der Waals surface area contributed by atoms with E-state index in [1.54, 1.807) is 24.5 Å². The predicted octanol–water partition coefficient (Wildman–Crippen LogP) is 4.56. The molecule has 1 fully saturated rings. The van der Waals surface area contributed by atoms with Crippen molar-refractivity contribution < 1.29 is 28.3 Å². The summed E-state index contributed by atoms with van der Waals surface area (Å²) in [6.07, 6.45) is 3.78. The number of rotatable bonds is 7. The van der Waals surface area contributed by atoms with Gasteiger partial charge in [0.2, 0.25) is 5.91 Å². The molecule has 1 N–H and O–H groups in total. The second kappa shape index (κ2) is 8.73. The minimum atomic E-state index is -0.814. The fourth-order valence-electron chi connectivity index (χ4n) is 3.35. The number of hydrogen-bond acceptors (Lipinski definition) is 7. The number of methoxy groups -OCH3 is 1. The number of hydrogen-bond donors (Lipinski definition) is 1. The van der Waals surface area contributed by atoms with Gasteiger partial charge in [0.15, 0.2) is 23.1 Å². The molecular weight excluding hydrogens is 433 g/mol. The number of carbonyl (C=O) groups excluding carboxylic acids is 1. The first-order valence-electron chi connectivity index (χ1n) is 9.99. The Morgan fingerprint density at radius 2 is 2.03 bits per heavy atom. The third kappa shape index (κ3) is 4.54. The first-order valence-corrected chi connectivity index (χ1v) is 9.99. The molecule has 1 aromatic heterocycles. The van der Waals surface area contributed by atoms with Crippen molar-refractivity contribution in [3.05, 3.63) is 69.9 Å². The molecular formula is C23H20FN3O6. The highest BCUT2D eigenvalue weighted by Gasteiger charge is 2.31. The van der Waals surface area contributed by atoms with Gasteiger partial charge in [-0.15, -0.1) is 0 Å². The van der Waals surface area contributed by atoms with Crippen molar-refractivity contribution in [1.29, 1.82) is 0 Å². The Hall–Kier alpha value is -4.21. The Bertz CT molecular complexity index is 1310. The van der Waals surface area contributed by atoms with Crippen molar-refractivity contribution in [1.82, 2.24) is 10.3 Å². The monoisotopic (exact) mass is 453 g/mol. The van der Waals surface area contributed by atoms with E-state index in [0.717, 1.165) is 5.57 Å². The molecule has 0 aliphatic heterocycles. The first-order chi connectivity index (χ1) is 15.8. The van der Waals surface area contributed by atoms with E-state index in [4.69, 9.17) is 14.2 Å². The minimum absolute atomic E-state index is 0.0212. The number of nitro groups is 1. The van der Waals surface area contributed by atoms with Gasteiger partial charge in [0.25, 0.3) is 5.69 Å². The van der Waals surface area contributed by atoms with Gasteiger partial charge >= 0.3 is 0 Å². The van der Waals surface area contributed by atoms with Crippen molar-refractivity contribution in [2.75, 3.05) is 7.11 Å². The van der Waals surface area contributed by atoms with E-state index >= 15 is 0 Å². The quantitative estimate of drug-likeness (QED) is 0.317. The summed E-state index contributed by atoms with van der Waals surface area (Å²) in [5.74, 6) is 0.0341. The van der Waals surface area contributed by atoms with Crippen molar-refractivity contribution in [3.63, 3.8) is 0 Å². The first kappa shape index (κ1) is 22.0. The third-order valence-electron chi connectivity index (χ3n) is 5.17. The molecule has 1 heterocycles. The van der Waals surface area contributed by atoms with E-state index in [1.165, 1.54) is 39.3 Å². The molecule has 4 rings (SSSR count). The topological polar surface area (TPSA) is 113 Å². The van der Waals surface area contributed by atoms with Crippen LogP contribution in [0.25, 0.3) is 10.9 Å². The number of halogens is 1. The molecule has 1 unspecified atom stereocenters. The fourth-order valence-corrected chi connectivity index (χ4v) is 3.35. The van der Waals surface area contributed by atoms with Crippen LogP contribution in [0.2, 0.25) is 0 Å². The zero-order chi connectivity index (χ0) is 23.7. The summed E-state index contributed by atoms with van der Waals surface area (Å²) in [7, 11) is 1.48. The van der Waals surface area contributed by atoms with E-state index in [-0.39, 0.29) is 28.9 Å². The highest BCUT2D eigenvalue weighted by molar-refractivity contribution is 5.88. The lowest BCUT2D eigenvalue weighted by molar-refractivity contribution is -0.385. The number of aromatic nitrogens is 1. The summed E-state index contributed by atoms with van der Waals surface area (Å²) in [5.41, 5.74) is 1.01. The molecule has 1 aliphatic rings. The van der Waals surface area contributed by atoms with Crippen LogP contribution in [0.1, 0.15) is 18.9 Å². The summed E-state index contributed by atoms with van der Waals surface area (Å²) in [6.45, 7) is 2.78. The number of nitrogens with one attached hydrogen (secondary N) is 1. The normalized spacial score (nSPS) is 15.9. The molecule has 1 aliphatic carbocycles. The van der Waals surface area contributed by atoms with E-state index in [2.05, 4.69) is 10.3 Å². The lowest BCUT2D eigenvalue weighted by atomic mass is 10.1. The maximum absolute atomic E-state index is 14.7. The van der Waals surface area contributed by atoms with Crippen LogP contribution in [0.5, 0.6) is 23.0 Å². The van der Waals surface area contributed by atoms with Gasteiger partial charge < -0.3 is 19.5 Å². The second-order valence-corrected chi connectivity index (χ2v) is 7.48. The maximum atomic E-state index is 14.7. The fraction of sp³-hybridized carbons (Fsp3) is 0.217. The van der Waals surface area contributed by atoms with Gasteiger partial charge in [0, 0.05) is 30.6 Å². The summed E-state index contributed by atoms with van der Waals surface area (Å²) in [6, 6.07) is 7.26. The Labute approximate surface area is 187 Å². The Balaban J connectivity index is 1.64. The number of nitrogens with zero attached hydrogens (tertiary/aromatic N) is 2. The van der Waals surface area contributed by atoms with Crippen LogP contribution in [-0.4, -0.2) is 29.0 Å². The van der Waals surface area contributed by atoms with E-state index in [0.29, 0.717) is 34.6 Å². The number of nitro benzene ring substituents is 1. The Morgan fingerprint density at radius 1 is 1.24 bits per heavy atom. The zero-order valence-corrected chi connectivity index (χ0v) is 18.0. The van der Waals surface area contributed by atoms with Crippen molar-refractivity contribution in [3.8, 4) is 23.0 Å². The highest BCUT2D eigenvalue weighted by Crippen LogP contribution is 2.39. The number of fused-ring (bicyclic) bond motifs is 1. The number of carbonyl (C=O) groups is 1. The minimum Gasteiger partial charge on any atom is -0.493 e. The average Bonchev–Trinajstić information content (AvgIpc) is 3.51. The predicted molar refractivity (Wildman–Crippen MR) is 117 cm³/mol. The number of benzene rings is 2. The number of ether oxygens (including phenoxy) is 3. The molecule has 10 heteroatoms. The van der Waals surface area contributed by atoms with Crippen LogP contribution < -0.4 is 19.5 Å². The van der Waals surface area contributed by atoms with Crippen molar-refractivity contribution in [2.24, 2.45) is 0 Å². The molecule has 1 saturated carbocycles. The van der Waals surface area contributed by atoms with Gasteiger partial charge in [-0.05, 0) is 37.1 Å². The molecule has 0 radical (unpaired) electrons. The van der Waals surface area contributed by atoms with Gasteiger partial charge in [0.1, 0.15) is 5.75 Å². The summed E-state index contributed by atoms with van der Waals surface area (Å²) in [5, 5.41) is 14.4. The van der Waals surface area contributed by atoms with Crippen molar-refractivity contribution in [2.45, 2.75) is 26.3 Å². The highest BCUT2D eigenvalue weighted by atomic mass is 19.1. The second-order valence-electron chi connectivity index (χ2n) is 7.48. The Morgan fingerprint density at radius 3 is 2.73 bits per heavy atom. The molecule has 1 amide bonds. The summed E-state index contributed by atoms with van der Waals surface area (Å²) in [4.78, 5) is 25.8. The van der Waals surface area contributed by atoms with Crippen LogP contribution in [-0.2, 0) is 4.79 Å².